The maximum atomic E-state index is 11.3. The first-order valence-electron chi connectivity index (χ1n) is 5.13. The number of carbonyl (C=O) groups excluding carboxylic acids is 2. The molecule has 0 spiro atoms. The predicted octanol–water partition coefficient (Wildman–Crippen LogP) is 0.135. The number of hydrogen-bond acceptors (Lipinski definition) is 4. The summed E-state index contributed by atoms with van der Waals surface area (Å²) in [6.45, 7) is 4.53. The van der Waals surface area contributed by atoms with Crippen molar-refractivity contribution in [1.29, 1.82) is 0 Å². The third-order valence-electron chi connectivity index (χ3n) is 2.25. The fourth-order valence-electron chi connectivity index (χ4n) is 1.29. The van der Waals surface area contributed by atoms with Crippen molar-refractivity contribution in [2.45, 2.75) is 32.7 Å². The van der Waals surface area contributed by atoms with Gasteiger partial charge >= 0.3 is 5.97 Å². The van der Waals surface area contributed by atoms with Crippen LogP contribution in [0.2, 0.25) is 0 Å². The van der Waals surface area contributed by atoms with Crippen molar-refractivity contribution < 1.29 is 14.3 Å². The fraction of sp³-hybridized carbons (Fsp3) is 0.800. The summed E-state index contributed by atoms with van der Waals surface area (Å²) >= 11 is 0. The van der Waals surface area contributed by atoms with Crippen molar-refractivity contribution in [3.05, 3.63) is 0 Å². The average molecular weight is 216 g/mol. The van der Waals surface area contributed by atoms with Crippen LogP contribution in [-0.2, 0) is 14.3 Å². The van der Waals surface area contributed by atoms with Crippen LogP contribution in [0.1, 0.15) is 26.7 Å². The normalized spacial score (nSPS) is 12.5. The van der Waals surface area contributed by atoms with Crippen molar-refractivity contribution in [3.8, 4) is 0 Å². The first-order chi connectivity index (χ1) is 7.02. The molecule has 0 aromatic rings. The van der Waals surface area contributed by atoms with Gasteiger partial charge in [0.15, 0.2) is 0 Å². The van der Waals surface area contributed by atoms with E-state index in [1.54, 1.807) is 11.8 Å². The van der Waals surface area contributed by atoms with Crippen molar-refractivity contribution in [3.63, 3.8) is 0 Å². The van der Waals surface area contributed by atoms with Gasteiger partial charge in [0.05, 0.1) is 13.7 Å². The molecule has 0 rings (SSSR count). The lowest BCUT2D eigenvalue weighted by Crippen LogP contribution is -2.44. The zero-order chi connectivity index (χ0) is 11.8. The van der Waals surface area contributed by atoms with E-state index in [0.29, 0.717) is 6.54 Å². The Balaban J connectivity index is 4.32. The summed E-state index contributed by atoms with van der Waals surface area (Å²) in [6, 6.07) is -0.422. The third-order valence-corrected chi connectivity index (χ3v) is 2.25. The van der Waals surface area contributed by atoms with Crippen molar-refractivity contribution in [2.75, 3.05) is 20.2 Å². The Bertz CT molecular complexity index is 219. The number of nitrogens with zero attached hydrogens (tertiary/aromatic N) is 1. The van der Waals surface area contributed by atoms with Crippen LogP contribution in [0.4, 0.5) is 0 Å². The third kappa shape index (κ3) is 5.37. The second-order valence-electron chi connectivity index (χ2n) is 3.49. The number of hydrogen-bond donors (Lipinski definition) is 1. The van der Waals surface area contributed by atoms with Gasteiger partial charge in [-0.05, 0) is 19.9 Å². The Hall–Kier alpha value is -1.10. The molecule has 0 aliphatic rings. The molecule has 0 aliphatic heterocycles. The molecule has 5 heteroatoms. The number of amides is 1. The molecule has 2 N–H and O–H groups in total. The van der Waals surface area contributed by atoms with Crippen molar-refractivity contribution in [1.82, 2.24) is 4.90 Å². The number of ether oxygens (including phenoxy) is 1. The van der Waals surface area contributed by atoms with E-state index in [9.17, 15) is 9.59 Å². The summed E-state index contributed by atoms with van der Waals surface area (Å²) in [7, 11) is 1.33. The van der Waals surface area contributed by atoms with Gasteiger partial charge in [-0.1, -0.05) is 13.3 Å². The van der Waals surface area contributed by atoms with Gasteiger partial charge in [-0.15, -0.1) is 0 Å². The highest BCUT2D eigenvalue weighted by Gasteiger charge is 2.22. The number of carbonyl (C=O) groups is 2. The SMILES string of the molecule is CCCCN(CC(N)=O)C(C)C(=O)OC. The second-order valence-corrected chi connectivity index (χ2v) is 3.49. The topological polar surface area (TPSA) is 72.6 Å². The number of methoxy groups -OCH3 is 1. The van der Waals surface area contributed by atoms with Gasteiger partial charge in [0.2, 0.25) is 5.91 Å². The molecule has 0 aromatic carbocycles. The molecule has 5 nitrogen and oxygen atoms in total. The van der Waals surface area contributed by atoms with Gasteiger partial charge in [0.25, 0.3) is 0 Å². The van der Waals surface area contributed by atoms with Crippen LogP contribution in [0, 0.1) is 0 Å². The average Bonchev–Trinajstić information content (AvgIpc) is 2.21. The number of nitrogens with two attached hydrogens (primary N) is 1. The molecule has 1 unspecified atom stereocenters. The van der Waals surface area contributed by atoms with E-state index in [0.717, 1.165) is 12.8 Å². The lowest BCUT2D eigenvalue weighted by molar-refractivity contribution is -0.146. The zero-order valence-corrected chi connectivity index (χ0v) is 9.66. The van der Waals surface area contributed by atoms with Crippen LogP contribution < -0.4 is 5.73 Å². The Labute approximate surface area is 90.6 Å². The summed E-state index contributed by atoms with van der Waals surface area (Å²) < 4.78 is 4.62. The van der Waals surface area contributed by atoms with E-state index >= 15 is 0 Å². The van der Waals surface area contributed by atoms with Crippen molar-refractivity contribution >= 4 is 11.9 Å². The van der Waals surface area contributed by atoms with E-state index < -0.39 is 11.9 Å². The number of esters is 1. The minimum Gasteiger partial charge on any atom is -0.468 e. The molecule has 88 valence electrons. The van der Waals surface area contributed by atoms with Gasteiger partial charge < -0.3 is 10.5 Å². The van der Waals surface area contributed by atoms with E-state index in [1.807, 2.05) is 6.92 Å². The molecule has 1 amide bonds. The highest BCUT2D eigenvalue weighted by molar-refractivity contribution is 5.79. The van der Waals surface area contributed by atoms with Crippen LogP contribution in [0.5, 0.6) is 0 Å². The van der Waals surface area contributed by atoms with E-state index in [4.69, 9.17) is 5.73 Å². The van der Waals surface area contributed by atoms with Crippen LogP contribution in [0.3, 0.4) is 0 Å². The molecule has 0 aliphatic carbocycles. The van der Waals surface area contributed by atoms with Gasteiger partial charge in [-0.25, -0.2) is 0 Å². The fourth-order valence-corrected chi connectivity index (χ4v) is 1.29. The summed E-state index contributed by atoms with van der Waals surface area (Å²) in [6.07, 6.45) is 1.93. The predicted molar refractivity (Wildman–Crippen MR) is 57.2 cm³/mol. The van der Waals surface area contributed by atoms with E-state index in [2.05, 4.69) is 4.74 Å². The Morgan fingerprint density at radius 3 is 2.47 bits per heavy atom. The zero-order valence-electron chi connectivity index (χ0n) is 9.66. The van der Waals surface area contributed by atoms with Gasteiger partial charge in [-0.2, -0.15) is 0 Å². The largest absolute Gasteiger partial charge is 0.468 e. The monoisotopic (exact) mass is 216 g/mol. The lowest BCUT2D eigenvalue weighted by Gasteiger charge is -2.25. The van der Waals surface area contributed by atoms with Gasteiger partial charge in [0, 0.05) is 0 Å². The number of unbranched alkanes of at least 4 members (excludes halogenated alkanes) is 1. The molecule has 0 aromatic heterocycles. The summed E-state index contributed by atoms with van der Waals surface area (Å²) in [5, 5.41) is 0. The summed E-state index contributed by atoms with van der Waals surface area (Å²) in [5.41, 5.74) is 5.11. The first-order valence-corrected chi connectivity index (χ1v) is 5.13. The van der Waals surface area contributed by atoms with Gasteiger partial charge in [-0.3, -0.25) is 14.5 Å². The second kappa shape index (κ2) is 7.23. The van der Waals surface area contributed by atoms with E-state index in [-0.39, 0.29) is 12.5 Å². The molecular formula is C10H20N2O3. The first kappa shape index (κ1) is 13.9. The molecule has 0 fully saturated rings. The summed E-state index contributed by atoms with van der Waals surface area (Å²) in [5.74, 6) is -0.769. The molecular weight excluding hydrogens is 196 g/mol. The van der Waals surface area contributed by atoms with Crippen LogP contribution in [-0.4, -0.2) is 43.0 Å². The lowest BCUT2D eigenvalue weighted by atomic mass is 10.2. The van der Waals surface area contributed by atoms with Crippen LogP contribution in [0.25, 0.3) is 0 Å². The highest BCUT2D eigenvalue weighted by atomic mass is 16.5. The Kier molecular flexibility index (Phi) is 6.70. The molecule has 0 bridgehead atoms. The standard InChI is InChI=1S/C10H20N2O3/c1-4-5-6-12(7-9(11)13)8(2)10(14)15-3/h8H,4-7H2,1-3H3,(H2,11,13). The number of primary amides is 1. The van der Waals surface area contributed by atoms with Gasteiger partial charge in [0.1, 0.15) is 6.04 Å². The Morgan fingerprint density at radius 1 is 1.47 bits per heavy atom. The van der Waals surface area contributed by atoms with E-state index in [1.165, 1.54) is 7.11 Å². The molecule has 15 heavy (non-hydrogen) atoms. The summed E-state index contributed by atoms with van der Waals surface area (Å²) in [4.78, 5) is 23.8. The number of rotatable bonds is 7. The van der Waals surface area contributed by atoms with Crippen LogP contribution >= 0.6 is 0 Å². The molecule has 1 atom stereocenters. The quantitative estimate of drug-likeness (QED) is 0.614. The maximum Gasteiger partial charge on any atom is 0.322 e. The molecule has 0 saturated heterocycles. The smallest absolute Gasteiger partial charge is 0.322 e. The van der Waals surface area contributed by atoms with Crippen LogP contribution in [0.15, 0.2) is 0 Å². The molecule has 0 radical (unpaired) electrons. The molecule has 0 heterocycles. The highest BCUT2D eigenvalue weighted by Crippen LogP contribution is 2.03. The minimum atomic E-state index is -0.429. The maximum absolute atomic E-state index is 11.3. The minimum absolute atomic E-state index is 0.0935. The molecule has 0 saturated carbocycles. The Morgan fingerprint density at radius 2 is 2.07 bits per heavy atom. The van der Waals surface area contributed by atoms with Crippen molar-refractivity contribution in [2.24, 2.45) is 5.73 Å².